The van der Waals surface area contributed by atoms with Crippen LogP contribution in [0.1, 0.15) is 37.2 Å². The summed E-state index contributed by atoms with van der Waals surface area (Å²) in [6.07, 6.45) is 3.45. The Kier molecular flexibility index (Phi) is 5.82. The molecule has 6 heteroatoms. The number of anilines is 1. The Labute approximate surface area is 114 Å². The zero-order chi connectivity index (χ0) is 14.4. The van der Waals surface area contributed by atoms with Gasteiger partial charge in [-0.25, -0.2) is 0 Å². The molecule has 1 aromatic rings. The first-order valence-corrected chi connectivity index (χ1v) is 6.64. The molecule has 0 aliphatic carbocycles. The molecule has 0 spiro atoms. The van der Waals surface area contributed by atoms with Gasteiger partial charge in [0.1, 0.15) is 0 Å². The largest absolute Gasteiger partial charge is 0.396 e. The maximum Gasteiger partial charge on any atom is 0.276 e. The van der Waals surface area contributed by atoms with Crippen LogP contribution in [0.2, 0.25) is 0 Å². The number of hydrogen-bond donors (Lipinski definition) is 1. The SMILES string of the molecule is CCC(CC)N(CCOC)C(=O)c1nn(C)cc1N. The molecule has 2 N–H and O–H groups in total. The number of methoxy groups -OCH3 is 1. The predicted molar refractivity (Wildman–Crippen MR) is 74.9 cm³/mol. The van der Waals surface area contributed by atoms with Crippen LogP contribution in [-0.2, 0) is 11.8 Å². The molecule has 0 aliphatic rings. The van der Waals surface area contributed by atoms with E-state index in [-0.39, 0.29) is 11.9 Å². The summed E-state index contributed by atoms with van der Waals surface area (Å²) < 4.78 is 6.64. The number of ether oxygens (including phenoxy) is 1. The van der Waals surface area contributed by atoms with Crippen molar-refractivity contribution in [3.63, 3.8) is 0 Å². The number of nitrogen functional groups attached to an aromatic ring is 1. The van der Waals surface area contributed by atoms with Crippen molar-refractivity contribution in [1.29, 1.82) is 0 Å². The number of hydrogen-bond acceptors (Lipinski definition) is 4. The van der Waals surface area contributed by atoms with Crippen molar-refractivity contribution in [2.45, 2.75) is 32.7 Å². The molecule has 0 aromatic carbocycles. The molecule has 6 nitrogen and oxygen atoms in total. The lowest BCUT2D eigenvalue weighted by atomic mass is 10.1. The second-order valence-corrected chi connectivity index (χ2v) is 4.57. The van der Waals surface area contributed by atoms with Gasteiger partial charge in [-0.3, -0.25) is 9.48 Å². The Morgan fingerprint density at radius 3 is 2.58 bits per heavy atom. The van der Waals surface area contributed by atoms with E-state index in [9.17, 15) is 4.79 Å². The van der Waals surface area contributed by atoms with Gasteiger partial charge in [-0.15, -0.1) is 0 Å². The van der Waals surface area contributed by atoms with Crippen molar-refractivity contribution in [2.75, 3.05) is 26.0 Å². The van der Waals surface area contributed by atoms with Crippen LogP contribution in [0.4, 0.5) is 5.69 Å². The van der Waals surface area contributed by atoms with E-state index in [1.807, 2.05) is 4.90 Å². The fraction of sp³-hybridized carbons (Fsp3) is 0.692. The lowest BCUT2D eigenvalue weighted by molar-refractivity contribution is 0.0584. The minimum Gasteiger partial charge on any atom is -0.396 e. The molecule has 1 amide bonds. The van der Waals surface area contributed by atoms with E-state index in [1.165, 1.54) is 0 Å². The highest BCUT2D eigenvalue weighted by molar-refractivity contribution is 5.97. The number of carbonyl (C=O) groups is 1. The minimum atomic E-state index is -0.121. The van der Waals surface area contributed by atoms with Crippen LogP contribution in [0.5, 0.6) is 0 Å². The normalized spacial score (nSPS) is 11.0. The molecule has 1 aromatic heterocycles. The lowest BCUT2D eigenvalue weighted by Gasteiger charge is -2.29. The Morgan fingerprint density at radius 1 is 1.53 bits per heavy atom. The third-order valence-corrected chi connectivity index (χ3v) is 3.24. The quantitative estimate of drug-likeness (QED) is 0.808. The number of nitrogens with two attached hydrogens (primary N) is 1. The van der Waals surface area contributed by atoms with Gasteiger partial charge in [0.25, 0.3) is 5.91 Å². The van der Waals surface area contributed by atoms with Gasteiger partial charge in [0, 0.05) is 32.9 Å². The molecule has 0 bridgehead atoms. The standard InChI is InChI=1S/C13H24N4O2/c1-5-10(6-2)17(7-8-19-4)13(18)12-11(14)9-16(3)15-12/h9-10H,5-8,14H2,1-4H3. The molecule has 0 unspecified atom stereocenters. The van der Waals surface area contributed by atoms with Crippen LogP contribution in [0.25, 0.3) is 0 Å². The lowest BCUT2D eigenvalue weighted by Crippen LogP contribution is -2.42. The molecular weight excluding hydrogens is 244 g/mol. The summed E-state index contributed by atoms with van der Waals surface area (Å²) in [5, 5.41) is 4.15. The van der Waals surface area contributed by atoms with Crippen LogP contribution < -0.4 is 5.73 Å². The van der Waals surface area contributed by atoms with Gasteiger partial charge >= 0.3 is 0 Å². The second-order valence-electron chi connectivity index (χ2n) is 4.57. The Balaban J connectivity index is 2.96. The summed E-state index contributed by atoms with van der Waals surface area (Å²) in [5.74, 6) is -0.121. The molecule has 108 valence electrons. The van der Waals surface area contributed by atoms with Gasteiger partial charge in [0.05, 0.1) is 12.3 Å². The Bertz CT molecular complexity index is 413. The molecule has 1 rings (SSSR count). The summed E-state index contributed by atoms with van der Waals surface area (Å²) >= 11 is 0. The summed E-state index contributed by atoms with van der Waals surface area (Å²) in [5.41, 5.74) is 6.57. The van der Waals surface area contributed by atoms with Gasteiger partial charge in [-0.1, -0.05) is 13.8 Å². The first-order chi connectivity index (χ1) is 9.04. The zero-order valence-electron chi connectivity index (χ0n) is 12.2. The van der Waals surface area contributed by atoms with Crippen molar-refractivity contribution in [3.05, 3.63) is 11.9 Å². The maximum atomic E-state index is 12.6. The smallest absolute Gasteiger partial charge is 0.276 e. The molecule has 0 fully saturated rings. The van der Waals surface area contributed by atoms with Gasteiger partial charge in [-0.05, 0) is 12.8 Å². The van der Waals surface area contributed by atoms with E-state index in [0.29, 0.717) is 24.5 Å². The minimum absolute atomic E-state index is 0.121. The third-order valence-electron chi connectivity index (χ3n) is 3.24. The highest BCUT2D eigenvalue weighted by Crippen LogP contribution is 2.16. The fourth-order valence-corrected chi connectivity index (χ4v) is 2.18. The monoisotopic (exact) mass is 268 g/mol. The average Bonchev–Trinajstić information content (AvgIpc) is 2.73. The number of aryl methyl sites for hydroxylation is 1. The summed E-state index contributed by atoms with van der Waals surface area (Å²) in [7, 11) is 3.38. The first-order valence-electron chi connectivity index (χ1n) is 6.64. The molecule has 0 saturated carbocycles. The topological polar surface area (TPSA) is 73.4 Å². The number of aromatic nitrogens is 2. The van der Waals surface area contributed by atoms with Gasteiger partial charge in [0.15, 0.2) is 5.69 Å². The highest BCUT2D eigenvalue weighted by Gasteiger charge is 2.25. The van der Waals surface area contributed by atoms with Crippen LogP contribution in [0.3, 0.4) is 0 Å². The number of rotatable bonds is 7. The summed E-state index contributed by atoms with van der Waals surface area (Å²) in [6.45, 7) is 5.21. The first kappa shape index (κ1) is 15.5. The Morgan fingerprint density at radius 2 is 2.16 bits per heavy atom. The van der Waals surface area contributed by atoms with Crippen molar-refractivity contribution in [1.82, 2.24) is 14.7 Å². The van der Waals surface area contributed by atoms with Crippen molar-refractivity contribution < 1.29 is 9.53 Å². The summed E-state index contributed by atoms with van der Waals surface area (Å²) in [4.78, 5) is 14.4. The Hall–Kier alpha value is -1.56. The molecule has 19 heavy (non-hydrogen) atoms. The predicted octanol–water partition coefficient (Wildman–Crippen LogP) is 1.28. The van der Waals surface area contributed by atoms with Crippen LogP contribution >= 0.6 is 0 Å². The zero-order valence-corrected chi connectivity index (χ0v) is 12.2. The van der Waals surface area contributed by atoms with Gasteiger partial charge < -0.3 is 15.4 Å². The van der Waals surface area contributed by atoms with E-state index in [1.54, 1.807) is 25.0 Å². The average molecular weight is 268 g/mol. The maximum absolute atomic E-state index is 12.6. The van der Waals surface area contributed by atoms with Crippen LogP contribution in [0, 0.1) is 0 Å². The molecule has 0 atom stereocenters. The molecule has 0 aliphatic heterocycles. The third kappa shape index (κ3) is 3.70. The van der Waals surface area contributed by atoms with Crippen LogP contribution in [-0.4, -0.2) is 46.9 Å². The van der Waals surface area contributed by atoms with Crippen molar-refractivity contribution >= 4 is 11.6 Å². The summed E-state index contributed by atoms with van der Waals surface area (Å²) in [6, 6.07) is 0.184. The van der Waals surface area contributed by atoms with E-state index in [0.717, 1.165) is 12.8 Å². The fourth-order valence-electron chi connectivity index (χ4n) is 2.18. The molecule has 1 heterocycles. The van der Waals surface area contributed by atoms with E-state index < -0.39 is 0 Å². The number of nitrogens with zero attached hydrogens (tertiary/aromatic N) is 3. The van der Waals surface area contributed by atoms with E-state index in [4.69, 9.17) is 10.5 Å². The van der Waals surface area contributed by atoms with Gasteiger partial charge in [0.2, 0.25) is 0 Å². The van der Waals surface area contributed by atoms with Crippen molar-refractivity contribution in [3.8, 4) is 0 Å². The number of amides is 1. The molecule has 0 radical (unpaired) electrons. The van der Waals surface area contributed by atoms with E-state index >= 15 is 0 Å². The molecule has 0 saturated heterocycles. The van der Waals surface area contributed by atoms with E-state index in [2.05, 4.69) is 18.9 Å². The van der Waals surface area contributed by atoms with Crippen LogP contribution in [0.15, 0.2) is 6.20 Å². The van der Waals surface area contributed by atoms with Crippen molar-refractivity contribution in [2.24, 2.45) is 7.05 Å². The number of carbonyl (C=O) groups excluding carboxylic acids is 1. The second kappa shape index (κ2) is 7.13. The molecular formula is C13H24N4O2. The highest BCUT2D eigenvalue weighted by atomic mass is 16.5. The van der Waals surface area contributed by atoms with Gasteiger partial charge in [-0.2, -0.15) is 5.10 Å².